The van der Waals surface area contributed by atoms with Crippen LogP contribution < -0.4 is 15.4 Å². The van der Waals surface area contributed by atoms with Crippen molar-refractivity contribution in [1.29, 1.82) is 0 Å². The van der Waals surface area contributed by atoms with E-state index in [4.69, 9.17) is 4.74 Å². The molecule has 0 aliphatic heterocycles. The molecule has 2 amide bonds. The van der Waals surface area contributed by atoms with Gasteiger partial charge in [0.25, 0.3) is 0 Å². The number of amides is 2. The van der Waals surface area contributed by atoms with Gasteiger partial charge >= 0.3 is 6.03 Å². The second-order valence-electron chi connectivity index (χ2n) is 5.41. The molecule has 0 aliphatic carbocycles. The van der Waals surface area contributed by atoms with Gasteiger partial charge in [-0.25, -0.2) is 4.79 Å². The Morgan fingerprint density at radius 1 is 1.17 bits per heavy atom. The molecule has 5 heteroatoms. The van der Waals surface area contributed by atoms with Gasteiger partial charge in [0.15, 0.2) is 0 Å². The molecular formula is C18H21BrN2O2. The van der Waals surface area contributed by atoms with E-state index in [-0.39, 0.29) is 6.03 Å². The van der Waals surface area contributed by atoms with E-state index in [9.17, 15) is 4.79 Å². The molecule has 0 atom stereocenters. The molecule has 0 saturated carbocycles. The number of hydrogen-bond acceptors (Lipinski definition) is 2. The molecule has 0 aliphatic rings. The monoisotopic (exact) mass is 376 g/mol. The summed E-state index contributed by atoms with van der Waals surface area (Å²) < 4.78 is 6.57. The van der Waals surface area contributed by atoms with E-state index in [2.05, 4.69) is 26.6 Å². The Hall–Kier alpha value is -2.01. The van der Waals surface area contributed by atoms with Gasteiger partial charge in [-0.2, -0.15) is 0 Å². The zero-order valence-electron chi connectivity index (χ0n) is 13.6. The van der Waals surface area contributed by atoms with Crippen LogP contribution in [0.2, 0.25) is 0 Å². The number of carbonyl (C=O) groups is 1. The first-order valence-corrected chi connectivity index (χ1v) is 8.26. The number of benzene rings is 2. The number of rotatable bonds is 5. The minimum absolute atomic E-state index is 0.251. The van der Waals surface area contributed by atoms with Crippen molar-refractivity contribution in [1.82, 2.24) is 5.32 Å². The highest BCUT2D eigenvalue weighted by Crippen LogP contribution is 2.23. The number of anilines is 1. The Morgan fingerprint density at radius 2 is 1.96 bits per heavy atom. The lowest BCUT2D eigenvalue weighted by Crippen LogP contribution is -2.32. The van der Waals surface area contributed by atoms with Crippen molar-refractivity contribution >= 4 is 27.6 Å². The van der Waals surface area contributed by atoms with Gasteiger partial charge in [-0.1, -0.05) is 18.2 Å². The van der Waals surface area contributed by atoms with E-state index in [1.807, 2.05) is 57.2 Å². The summed E-state index contributed by atoms with van der Waals surface area (Å²) in [5.41, 5.74) is 4.19. The van der Waals surface area contributed by atoms with Crippen LogP contribution in [-0.4, -0.2) is 19.2 Å². The molecule has 0 saturated heterocycles. The van der Waals surface area contributed by atoms with Crippen molar-refractivity contribution < 1.29 is 9.53 Å². The van der Waals surface area contributed by atoms with Gasteiger partial charge in [0.2, 0.25) is 0 Å². The van der Waals surface area contributed by atoms with E-state index in [1.165, 1.54) is 5.56 Å². The molecule has 122 valence electrons. The Morgan fingerprint density at radius 3 is 2.70 bits per heavy atom. The third kappa shape index (κ3) is 4.99. The smallest absolute Gasteiger partial charge is 0.319 e. The molecule has 0 fully saturated rings. The van der Waals surface area contributed by atoms with E-state index < -0.39 is 0 Å². The minimum Gasteiger partial charge on any atom is -0.491 e. The highest BCUT2D eigenvalue weighted by molar-refractivity contribution is 9.10. The van der Waals surface area contributed by atoms with Crippen LogP contribution in [0.1, 0.15) is 16.7 Å². The predicted molar refractivity (Wildman–Crippen MR) is 97.3 cm³/mol. The van der Waals surface area contributed by atoms with Gasteiger partial charge in [0.1, 0.15) is 12.4 Å². The van der Waals surface area contributed by atoms with Gasteiger partial charge in [0, 0.05) is 4.47 Å². The molecule has 4 nitrogen and oxygen atoms in total. The number of urea groups is 1. The quantitative estimate of drug-likeness (QED) is 0.750. The molecule has 23 heavy (non-hydrogen) atoms. The number of nitrogens with one attached hydrogen (secondary N) is 2. The Balaban J connectivity index is 1.78. The molecule has 0 spiro atoms. The number of halogens is 1. The zero-order valence-corrected chi connectivity index (χ0v) is 15.2. The van der Waals surface area contributed by atoms with Crippen LogP contribution >= 0.6 is 15.9 Å². The van der Waals surface area contributed by atoms with Crippen LogP contribution in [0.4, 0.5) is 10.5 Å². The second kappa shape index (κ2) is 8.02. The first kappa shape index (κ1) is 17.3. The molecule has 2 aromatic rings. The van der Waals surface area contributed by atoms with Crippen molar-refractivity contribution in [2.45, 2.75) is 20.8 Å². The molecule has 0 bridgehead atoms. The highest BCUT2D eigenvalue weighted by atomic mass is 79.9. The van der Waals surface area contributed by atoms with Crippen LogP contribution in [-0.2, 0) is 0 Å². The van der Waals surface area contributed by atoms with Crippen LogP contribution in [0.5, 0.6) is 5.75 Å². The summed E-state index contributed by atoms with van der Waals surface area (Å²) >= 11 is 3.44. The molecule has 0 heterocycles. The molecule has 2 N–H and O–H groups in total. The SMILES string of the molecule is Cc1ccc(NC(=O)NCCOc2cccc(C)c2C)c(Br)c1. The van der Waals surface area contributed by atoms with Gasteiger partial charge in [0.05, 0.1) is 12.2 Å². The average molecular weight is 377 g/mol. The van der Waals surface area contributed by atoms with Crippen LogP contribution in [0.25, 0.3) is 0 Å². The normalized spacial score (nSPS) is 10.3. The Bertz CT molecular complexity index is 701. The minimum atomic E-state index is -0.251. The Kier molecular flexibility index (Phi) is 6.04. The maximum absolute atomic E-state index is 11.9. The summed E-state index contributed by atoms with van der Waals surface area (Å²) in [7, 11) is 0. The highest BCUT2D eigenvalue weighted by Gasteiger charge is 2.06. The predicted octanol–water partition coefficient (Wildman–Crippen LogP) is 4.57. The summed E-state index contributed by atoms with van der Waals surface area (Å²) in [4.78, 5) is 11.9. The lowest BCUT2D eigenvalue weighted by Gasteiger charge is -2.12. The lowest BCUT2D eigenvalue weighted by atomic mass is 10.1. The molecule has 0 unspecified atom stereocenters. The van der Waals surface area contributed by atoms with Crippen molar-refractivity contribution in [3.05, 3.63) is 57.6 Å². The second-order valence-corrected chi connectivity index (χ2v) is 6.27. The average Bonchev–Trinajstić information content (AvgIpc) is 2.50. The fraction of sp³-hybridized carbons (Fsp3) is 0.278. The summed E-state index contributed by atoms with van der Waals surface area (Å²) in [5.74, 6) is 0.855. The standard InChI is InChI=1S/C18H21BrN2O2/c1-12-7-8-16(15(19)11-12)21-18(22)20-9-10-23-17-6-4-5-13(2)14(17)3/h4-8,11H,9-10H2,1-3H3,(H2,20,21,22). The molecule has 2 aromatic carbocycles. The molecule has 0 radical (unpaired) electrons. The fourth-order valence-corrected chi connectivity index (χ4v) is 2.69. The summed E-state index contributed by atoms with van der Waals surface area (Å²) in [6.07, 6.45) is 0. The number of carbonyl (C=O) groups excluding carboxylic acids is 1. The molecule has 0 aromatic heterocycles. The van der Waals surface area contributed by atoms with E-state index >= 15 is 0 Å². The number of ether oxygens (including phenoxy) is 1. The van der Waals surface area contributed by atoms with Crippen molar-refractivity contribution in [3.63, 3.8) is 0 Å². The van der Waals surface area contributed by atoms with E-state index in [0.29, 0.717) is 13.2 Å². The summed E-state index contributed by atoms with van der Waals surface area (Å²) in [5, 5.41) is 5.59. The van der Waals surface area contributed by atoms with Gasteiger partial charge < -0.3 is 15.4 Å². The number of hydrogen-bond donors (Lipinski definition) is 2. The number of aryl methyl sites for hydroxylation is 2. The van der Waals surface area contributed by atoms with Crippen molar-refractivity contribution in [2.24, 2.45) is 0 Å². The topological polar surface area (TPSA) is 50.4 Å². The zero-order chi connectivity index (χ0) is 16.8. The lowest BCUT2D eigenvalue weighted by molar-refractivity contribution is 0.247. The van der Waals surface area contributed by atoms with Gasteiger partial charge in [-0.15, -0.1) is 0 Å². The van der Waals surface area contributed by atoms with E-state index in [0.717, 1.165) is 27.0 Å². The largest absolute Gasteiger partial charge is 0.491 e. The van der Waals surface area contributed by atoms with Crippen molar-refractivity contribution in [3.8, 4) is 5.75 Å². The molecule has 2 rings (SSSR count). The van der Waals surface area contributed by atoms with Gasteiger partial charge in [-0.3, -0.25) is 0 Å². The van der Waals surface area contributed by atoms with Crippen LogP contribution in [0.15, 0.2) is 40.9 Å². The fourth-order valence-electron chi connectivity index (χ4n) is 2.09. The van der Waals surface area contributed by atoms with Crippen molar-refractivity contribution in [2.75, 3.05) is 18.5 Å². The third-order valence-corrected chi connectivity index (χ3v) is 4.23. The maximum Gasteiger partial charge on any atom is 0.319 e. The van der Waals surface area contributed by atoms with Crippen LogP contribution in [0.3, 0.4) is 0 Å². The third-order valence-electron chi connectivity index (χ3n) is 3.57. The summed E-state index contributed by atoms with van der Waals surface area (Å²) in [6, 6.07) is 11.5. The Labute approximate surface area is 145 Å². The first-order chi connectivity index (χ1) is 11.0. The first-order valence-electron chi connectivity index (χ1n) is 7.47. The van der Waals surface area contributed by atoms with Crippen LogP contribution in [0, 0.1) is 20.8 Å². The molecular weight excluding hydrogens is 356 g/mol. The summed E-state index contributed by atoms with van der Waals surface area (Å²) in [6.45, 7) is 6.93. The van der Waals surface area contributed by atoms with E-state index in [1.54, 1.807) is 0 Å². The maximum atomic E-state index is 11.9. The van der Waals surface area contributed by atoms with Gasteiger partial charge in [-0.05, 0) is 71.6 Å².